The summed E-state index contributed by atoms with van der Waals surface area (Å²) < 4.78 is 0. The summed E-state index contributed by atoms with van der Waals surface area (Å²) in [6.07, 6.45) is 34.3. The molecule has 0 aliphatic carbocycles. The van der Waals surface area contributed by atoms with Crippen molar-refractivity contribution in [3.63, 3.8) is 0 Å². The van der Waals surface area contributed by atoms with Crippen LogP contribution in [0.5, 0.6) is 0 Å². The van der Waals surface area contributed by atoms with E-state index in [0.29, 0.717) is 0 Å². The summed E-state index contributed by atoms with van der Waals surface area (Å²) in [6.45, 7) is 9.20. The van der Waals surface area contributed by atoms with Crippen LogP contribution in [0.2, 0.25) is 0 Å². The summed E-state index contributed by atoms with van der Waals surface area (Å²) >= 11 is 0. The van der Waals surface area contributed by atoms with E-state index < -0.39 is 0 Å². The maximum absolute atomic E-state index is 2.36. The van der Waals surface area contributed by atoms with Crippen LogP contribution in [0.4, 0.5) is 0 Å². The summed E-state index contributed by atoms with van der Waals surface area (Å²) in [5.74, 6) is 0. The van der Waals surface area contributed by atoms with Gasteiger partial charge in [-0.1, -0.05) is 130 Å². The first kappa shape index (κ1) is 41.1. The second-order valence-electron chi connectivity index (χ2n) is 11.9. The van der Waals surface area contributed by atoms with Crippen LogP contribution in [0.1, 0.15) is 156 Å². The predicted octanol–water partition coefficient (Wildman–Crippen LogP) is 12.9. The Balaban J connectivity index is 0.000000762. The van der Waals surface area contributed by atoms with Gasteiger partial charge in [0.05, 0.1) is 0 Å². The van der Waals surface area contributed by atoms with Gasteiger partial charge in [-0.2, -0.15) is 24.3 Å². The largest absolute Gasteiger partial charge is 2.00 e. The maximum atomic E-state index is 2.36. The molecule has 0 heterocycles. The van der Waals surface area contributed by atoms with Gasteiger partial charge in [-0.25, -0.2) is 24.3 Å². The van der Waals surface area contributed by atoms with E-state index in [1.807, 2.05) is 0 Å². The molecule has 0 N–H and O–H groups in total. The molecule has 0 aliphatic heterocycles. The molecule has 0 fully saturated rings. The molecule has 2 aromatic carbocycles. The normalized spacial score (nSPS) is 11.1. The van der Waals surface area contributed by atoms with E-state index >= 15 is 0 Å². The zero-order valence-electron chi connectivity index (χ0n) is 27.9. The van der Waals surface area contributed by atoms with Crippen LogP contribution in [0, 0.1) is 0 Å². The molecular formula is C38H68CrP2. The number of unbranched alkanes of at least 4 members (excludes halogenated alkanes) is 16. The fraction of sp³-hybridized carbons (Fsp3) is 0.737. The summed E-state index contributed by atoms with van der Waals surface area (Å²) in [5.41, 5.74) is 0. The standard InChI is InChI=1S/2C19H34P.Cr/c2*1-3-5-7-9-13-17-20(19-15-11-12-16-19)18-14-10-8-6-4-2;/h2*11-12,15-16H,3-10,13-14,17-18H2,1-2H3;/q2*-1;+2. The molecule has 0 nitrogen and oxygen atoms in total. The summed E-state index contributed by atoms with van der Waals surface area (Å²) in [5, 5.41) is 3.32. The van der Waals surface area contributed by atoms with Crippen LogP contribution >= 0.6 is 15.8 Å². The van der Waals surface area contributed by atoms with Gasteiger partial charge in [0, 0.05) is 0 Å². The average Bonchev–Trinajstić information content (AvgIpc) is 3.70. The van der Waals surface area contributed by atoms with Gasteiger partial charge in [-0.3, -0.25) is 0 Å². The van der Waals surface area contributed by atoms with Crippen LogP contribution in [0.25, 0.3) is 0 Å². The molecule has 2 rings (SSSR count). The van der Waals surface area contributed by atoms with Crippen molar-refractivity contribution >= 4 is 26.5 Å². The Labute approximate surface area is 272 Å². The van der Waals surface area contributed by atoms with Crippen LogP contribution in [0.3, 0.4) is 0 Å². The minimum atomic E-state index is 0. The topological polar surface area (TPSA) is 0 Å². The molecular weight excluding hydrogens is 570 g/mol. The quantitative estimate of drug-likeness (QED) is 0.0546. The Morgan fingerprint density at radius 3 is 0.902 bits per heavy atom. The van der Waals surface area contributed by atoms with Crippen molar-refractivity contribution in [1.82, 2.24) is 0 Å². The molecule has 0 spiro atoms. The van der Waals surface area contributed by atoms with Crippen LogP contribution in [-0.2, 0) is 17.4 Å². The van der Waals surface area contributed by atoms with Crippen molar-refractivity contribution in [2.24, 2.45) is 0 Å². The second kappa shape index (κ2) is 31.5. The molecule has 0 aromatic heterocycles. The van der Waals surface area contributed by atoms with Crippen LogP contribution < -0.4 is 10.6 Å². The second-order valence-corrected chi connectivity index (χ2v) is 16.9. The molecule has 0 aliphatic rings. The van der Waals surface area contributed by atoms with E-state index in [0.717, 1.165) is 0 Å². The first-order valence-corrected chi connectivity index (χ1v) is 21.1. The first-order chi connectivity index (χ1) is 19.8. The van der Waals surface area contributed by atoms with Crippen LogP contribution in [-0.4, -0.2) is 24.6 Å². The van der Waals surface area contributed by atoms with Crippen molar-refractivity contribution < 1.29 is 17.4 Å². The van der Waals surface area contributed by atoms with E-state index in [1.54, 1.807) is 10.6 Å². The molecule has 0 unspecified atom stereocenters. The molecule has 3 heteroatoms. The van der Waals surface area contributed by atoms with Gasteiger partial charge in [-0.05, 0) is 50.3 Å². The van der Waals surface area contributed by atoms with E-state index in [-0.39, 0.29) is 33.2 Å². The smallest absolute Gasteiger partial charge is 0.213 e. The summed E-state index contributed by atoms with van der Waals surface area (Å²) in [7, 11) is 0.279. The average molecular weight is 639 g/mol. The summed E-state index contributed by atoms with van der Waals surface area (Å²) in [6, 6.07) is 18.3. The first-order valence-electron chi connectivity index (χ1n) is 17.7. The molecule has 41 heavy (non-hydrogen) atoms. The molecule has 0 atom stereocenters. The number of hydrogen-bond acceptors (Lipinski definition) is 0. The van der Waals surface area contributed by atoms with Gasteiger partial charge in [0.1, 0.15) is 0 Å². The fourth-order valence-corrected chi connectivity index (χ4v) is 10.6. The van der Waals surface area contributed by atoms with E-state index in [2.05, 4.69) is 76.2 Å². The predicted molar refractivity (Wildman–Crippen MR) is 192 cm³/mol. The zero-order valence-corrected chi connectivity index (χ0v) is 31.0. The van der Waals surface area contributed by atoms with Crippen molar-refractivity contribution in [3.8, 4) is 0 Å². The molecule has 0 saturated carbocycles. The third-order valence-corrected chi connectivity index (χ3v) is 13.6. The Hall–Kier alpha value is 0.0925. The summed E-state index contributed by atoms with van der Waals surface area (Å²) in [4.78, 5) is 0. The van der Waals surface area contributed by atoms with Crippen molar-refractivity contribution in [1.29, 1.82) is 0 Å². The molecule has 0 bridgehead atoms. The third-order valence-electron chi connectivity index (χ3n) is 8.15. The minimum absolute atomic E-state index is 0. The molecule has 0 amide bonds. The van der Waals surface area contributed by atoms with Gasteiger partial charge < -0.3 is 0 Å². The maximum Gasteiger partial charge on any atom is 2.00 e. The Morgan fingerprint density at radius 1 is 0.415 bits per heavy atom. The molecule has 2 aromatic rings. The van der Waals surface area contributed by atoms with Crippen molar-refractivity contribution in [2.75, 3.05) is 24.6 Å². The number of hydrogen-bond donors (Lipinski definition) is 0. The third kappa shape index (κ3) is 23.2. The SMILES string of the molecule is CCCCCCCP(CCCCCCC)c1ccc[cH-]1.CCCCCCCP(CCCCCCC)c1ccc[cH-]1.[Cr+2]. The van der Waals surface area contributed by atoms with Crippen LogP contribution in [0.15, 0.2) is 48.5 Å². The van der Waals surface area contributed by atoms with E-state index in [4.69, 9.17) is 0 Å². The Bertz CT molecular complexity index is 618. The van der Waals surface area contributed by atoms with Gasteiger partial charge >= 0.3 is 17.4 Å². The van der Waals surface area contributed by atoms with E-state index in [9.17, 15) is 0 Å². The Morgan fingerprint density at radius 2 is 0.683 bits per heavy atom. The zero-order chi connectivity index (χ0) is 28.9. The van der Waals surface area contributed by atoms with Gasteiger partial charge in [0.15, 0.2) is 0 Å². The number of rotatable bonds is 26. The molecule has 236 valence electrons. The van der Waals surface area contributed by atoms with Gasteiger partial charge in [0.2, 0.25) is 0 Å². The Kier molecular flexibility index (Phi) is 31.6. The minimum Gasteiger partial charge on any atom is -0.213 e. The fourth-order valence-electron chi connectivity index (χ4n) is 5.51. The van der Waals surface area contributed by atoms with Crippen molar-refractivity contribution in [2.45, 2.75) is 156 Å². The van der Waals surface area contributed by atoms with Gasteiger partial charge in [-0.15, -0.1) is 26.5 Å². The van der Waals surface area contributed by atoms with Crippen molar-refractivity contribution in [3.05, 3.63) is 48.5 Å². The van der Waals surface area contributed by atoms with E-state index in [1.165, 1.54) is 153 Å². The molecule has 0 saturated heterocycles. The van der Waals surface area contributed by atoms with Gasteiger partial charge in [0.25, 0.3) is 0 Å². The molecule has 0 radical (unpaired) electrons. The monoisotopic (exact) mass is 638 g/mol.